The van der Waals surface area contributed by atoms with Crippen molar-refractivity contribution in [2.75, 3.05) is 13.2 Å². The maximum absolute atomic E-state index is 12.3. The fraction of sp³-hybridized carbons (Fsp3) is 0.375. The standard InChI is InChI=1S/C16H20N2O3S/c1-3-5-8-18-15(20)12(17-16(18)22)9-11-6-7-13(19)14(10-11)21-4-2/h6-7,9-10,19H,3-5,8H2,1-2H3,(H,17,22)/b12-9-. The highest BCUT2D eigenvalue weighted by atomic mass is 32.1. The summed E-state index contributed by atoms with van der Waals surface area (Å²) in [5, 5.41) is 13.1. The van der Waals surface area contributed by atoms with Crippen LogP contribution >= 0.6 is 12.2 Å². The molecule has 1 saturated heterocycles. The first kappa shape index (κ1) is 16.3. The highest BCUT2D eigenvalue weighted by Crippen LogP contribution is 2.28. The lowest BCUT2D eigenvalue weighted by atomic mass is 10.1. The second kappa shape index (κ2) is 7.26. The fourth-order valence-electron chi connectivity index (χ4n) is 2.15. The predicted octanol–water partition coefficient (Wildman–Crippen LogP) is 2.65. The van der Waals surface area contributed by atoms with Gasteiger partial charge in [0, 0.05) is 6.54 Å². The van der Waals surface area contributed by atoms with Crippen LogP contribution in [0.3, 0.4) is 0 Å². The summed E-state index contributed by atoms with van der Waals surface area (Å²) >= 11 is 5.20. The van der Waals surface area contributed by atoms with Crippen LogP contribution in [0.5, 0.6) is 11.5 Å². The summed E-state index contributed by atoms with van der Waals surface area (Å²) in [6, 6.07) is 4.96. The van der Waals surface area contributed by atoms with Crippen molar-refractivity contribution in [3.63, 3.8) is 0 Å². The van der Waals surface area contributed by atoms with Gasteiger partial charge in [-0.3, -0.25) is 9.69 Å². The Kier molecular flexibility index (Phi) is 5.38. The van der Waals surface area contributed by atoms with Gasteiger partial charge in [-0.1, -0.05) is 19.4 Å². The zero-order valence-electron chi connectivity index (χ0n) is 12.8. The van der Waals surface area contributed by atoms with Crippen molar-refractivity contribution < 1.29 is 14.6 Å². The lowest BCUT2D eigenvalue weighted by molar-refractivity contribution is -0.122. The summed E-state index contributed by atoms with van der Waals surface area (Å²) in [5.74, 6) is 0.354. The van der Waals surface area contributed by atoms with E-state index in [2.05, 4.69) is 12.2 Å². The number of aromatic hydroxyl groups is 1. The first-order chi connectivity index (χ1) is 10.6. The van der Waals surface area contributed by atoms with Crippen LogP contribution < -0.4 is 10.1 Å². The molecule has 0 atom stereocenters. The Hall–Kier alpha value is -2.08. The van der Waals surface area contributed by atoms with Gasteiger partial charge in [0.1, 0.15) is 5.70 Å². The molecule has 0 aromatic heterocycles. The van der Waals surface area contributed by atoms with Crippen molar-refractivity contribution in [3.8, 4) is 11.5 Å². The number of hydrogen-bond acceptors (Lipinski definition) is 4. The molecule has 0 bridgehead atoms. The van der Waals surface area contributed by atoms with Crippen LogP contribution in [-0.4, -0.2) is 34.2 Å². The van der Waals surface area contributed by atoms with E-state index in [1.165, 1.54) is 0 Å². The van der Waals surface area contributed by atoms with Crippen molar-refractivity contribution in [2.24, 2.45) is 0 Å². The summed E-state index contributed by atoms with van der Waals surface area (Å²) in [5.41, 5.74) is 1.20. The number of nitrogens with zero attached hydrogens (tertiary/aromatic N) is 1. The Labute approximate surface area is 135 Å². The molecule has 0 saturated carbocycles. The van der Waals surface area contributed by atoms with Crippen LogP contribution in [0.1, 0.15) is 32.3 Å². The van der Waals surface area contributed by atoms with Gasteiger partial charge in [-0.05, 0) is 49.3 Å². The van der Waals surface area contributed by atoms with Crippen molar-refractivity contribution in [1.29, 1.82) is 0 Å². The van der Waals surface area contributed by atoms with Crippen LogP contribution in [-0.2, 0) is 4.79 Å². The van der Waals surface area contributed by atoms with E-state index in [1.807, 2.05) is 6.92 Å². The predicted molar refractivity (Wildman–Crippen MR) is 89.6 cm³/mol. The maximum atomic E-state index is 12.3. The molecule has 1 fully saturated rings. The molecule has 0 aliphatic carbocycles. The molecule has 0 spiro atoms. The summed E-state index contributed by atoms with van der Waals surface area (Å²) in [6.07, 6.45) is 3.62. The van der Waals surface area contributed by atoms with Gasteiger partial charge in [-0.2, -0.15) is 0 Å². The van der Waals surface area contributed by atoms with Crippen LogP contribution in [0.4, 0.5) is 0 Å². The van der Waals surface area contributed by atoms with Crippen LogP contribution in [0, 0.1) is 0 Å². The van der Waals surface area contributed by atoms with Gasteiger partial charge in [-0.25, -0.2) is 0 Å². The largest absolute Gasteiger partial charge is 0.504 e. The van der Waals surface area contributed by atoms with Crippen molar-refractivity contribution in [3.05, 3.63) is 29.5 Å². The minimum absolute atomic E-state index is 0.0785. The molecule has 1 amide bonds. The Morgan fingerprint density at radius 2 is 2.18 bits per heavy atom. The second-order valence-electron chi connectivity index (χ2n) is 4.96. The molecule has 5 nitrogen and oxygen atoms in total. The summed E-state index contributed by atoms with van der Waals surface area (Å²) in [6.45, 7) is 4.99. The highest BCUT2D eigenvalue weighted by molar-refractivity contribution is 7.80. The van der Waals surface area contributed by atoms with Crippen LogP contribution in [0.2, 0.25) is 0 Å². The number of carbonyl (C=O) groups is 1. The van der Waals surface area contributed by atoms with Crippen molar-refractivity contribution >= 4 is 29.3 Å². The average Bonchev–Trinajstić information content (AvgIpc) is 2.75. The quantitative estimate of drug-likeness (QED) is 0.623. The molecule has 22 heavy (non-hydrogen) atoms. The summed E-state index contributed by atoms with van der Waals surface area (Å²) < 4.78 is 5.34. The number of phenolic OH excluding ortho intramolecular Hbond substituents is 1. The SMILES string of the molecule is CCCCN1C(=O)/C(=C/c2ccc(O)c(OCC)c2)NC1=S. The van der Waals surface area contributed by atoms with E-state index < -0.39 is 0 Å². The van der Waals surface area contributed by atoms with Gasteiger partial charge >= 0.3 is 0 Å². The molecule has 118 valence electrons. The number of rotatable bonds is 6. The zero-order valence-corrected chi connectivity index (χ0v) is 13.6. The molecule has 1 heterocycles. The van der Waals surface area contributed by atoms with Gasteiger partial charge in [0.05, 0.1) is 6.61 Å². The van der Waals surface area contributed by atoms with Crippen LogP contribution in [0.15, 0.2) is 23.9 Å². The first-order valence-corrected chi connectivity index (χ1v) is 7.78. The molecule has 6 heteroatoms. The summed E-state index contributed by atoms with van der Waals surface area (Å²) in [7, 11) is 0. The van der Waals surface area contributed by atoms with Gasteiger partial charge < -0.3 is 15.2 Å². The van der Waals surface area contributed by atoms with E-state index in [0.717, 1.165) is 18.4 Å². The van der Waals surface area contributed by atoms with Gasteiger partial charge in [0.25, 0.3) is 5.91 Å². The maximum Gasteiger partial charge on any atom is 0.276 e. The summed E-state index contributed by atoms with van der Waals surface area (Å²) in [4.78, 5) is 13.9. The minimum Gasteiger partial charge on any atom is -0.504 e. The zero-order chi connectivity index (χ0) is 16.1. The minimum atomic E-state index is -0.121. The lowest BCUT2D eigenvalue weighted by Gasteiger charge is -2.12. The van der Waals surface area contributed by atoms with Gasteiger partial charge in [-0.15, -0.1) is 0 Å². The lowest BCUT2D eigenvalue weighted by Crippen LogP contribution is -2.31. The van der Waals surface area contributed by atoms with Crippen molar-refractivity contribution in [2.45, 2.75) is 26.7 Å². The topological polar surface area (TPSA) is 61.8 Å². The number of benzene rings is 1. The number of thiocarbonyl (C=S) groups is 1. The first-order valence-electron chi connectivity index (χ1n) is 7.37. The molecule has 1 aromatic rings. The van der Waals surface area contributed by atoms with E-state index in [-0.39, 0.29) is 11.7 Å². The number of ether oxygens (including phenoxy) is 1. The Morgan fingerprint density at radius 3 is 2.86 bits per heavy atom. The normalized spacial score (nSPS) is 16.3. The average molecular weight is 320 g/mol. The van der Waals surface area contributed by atoms with E-state index >= 15 is 0 Å². The van der Waals surface area contributed by atoms with E-state index in [4.69, 9.17) is 17.0 Å². The number of amides is 1. The molecule has 1 aromatic carbocycles. The Morgan fingerprint density at radius 1 is 1.41 bits per heavy atom. The second-order valence-corrected chi connectivity index (χ2v) is 5.35. The van der Waals surface area contributed by atoms with E-state index in [1.54, 1.807) is 29.2 Å². The van der Waals surface area contributed by atoms with E-state index in [0.29, 0.717) is 29.7 Å². The molecule has 1 aliphatic rings. The third-order valence-electron chi connectivity index (χ3n) is 3.29. The smallest absolute Gasteiger partial charge is 0.276 e. The molecule has 0 radical (unpaired) electrons. The van der Waals surface area contributed by atoms with Gasteiger partial charge in [0.15, 0.2) is 16.6 Å². The number of nitrogens with one attached hydrogen (secondary N) is 1. The number of hydrogen-bond donors (Lipinski definition) is 2. The number of carbonyl (C=O) groups excluding carboxylic acids is 1. The fourth-order valence-corrected chi connectivity index (χ4v) is 2.43. The molecular weight excluding hydrogens is 300 g/mol. The van der Waals surface area contributed by atoms with E-state index in [9.17, 15) is 9.90 Å². The Balaban J connectivity index is 2.21. The third kappa shape index (κ3) is 3.57. The van der Waals surface area contributed by atoms with Gasteiger partial charge in [0.2, 0.25) is 0 Å². The third-order valence-corrected chi connectivity index (χ3v) is 3.61. The monoisotopic (exact) mass is 320 g/mol. The molecule has 2 N–H and O–H groups in total. The molecular formula is C16H20N2O3S. The molecule has 1 aliphatic heterocycles. The molecule has 0 unspecified atom stereocenters. The number of phenols is 1. The highest BCUT2D eigenvalue weighted by Gasteiger charge is 2.29. The number of unbranched alkanes of at least 4 members (excludes halogenated alkanes) is 1. The molecule has 2 rings (SSSR count). The van der Waals surface area contributed by atoms with Crippen LogP contribution in [0.25, 0.3) is 6.08 Å². The van der Waals surface area contributed by atoms with Crippen molar-refractivity contribution in [1.82, 2.24) is 10.2 Å². The Bertz CT molecular complexity index is 613.